The second kappa shape index (κ2) is 5.14. The van der Waals surface area contributed by atoms with Gasteiger partial charge in [0, 0.05) is 0 Å². The van der Waals surface area contributed by atoms with Gasteiger partial charge in [-0.1, -0.05) is 68.0 Å². The summed E-state index contributed by atoms with van der Waals surface area (Å²) in [5.74, 6) is 3.15. The summed E-state index contributed by atoms with van der Waals surface area (Å²) in [5, 5.41) is 0. The first-order chi connectivity index (χ1) is 8.90. The van der Waals surface area contributed by atoms with E-state index in [1.54, 1.807) is 5.56 Å². The molecule has 0 aromatic heterocycles. The van der Waals surface area contributed by atoms with E-state index in [-0.39, 0.29) is 0 Å². The van der Waals surface area contributed by atoms with Crippen LogP contribution in [0.5, 0.6) is 0 Å². The van der Waals surface area contributed by atoms with E-state index in [0.29, 0.717) is 0 Å². The van der Waals surface area contributed by atoms with Gasteiger partial charge in [-0.25, -0.2) is 0 Å². The van der Waals surface area contributed by atoms with Crippen molar-refractivity contribution >= 4 is 0 Å². The van der Waals surface area contributed by atoms with Crippen molar-refractivity contribution in [2.24, 2.45) is 17.8 Å². The number of fused-ring (bicyclic) bond motifs is 1. The summed E-state index contributed by atoms with van der Waals surface area (Å²) in [6.45, 7) is 2.32. The Balaban J connectivity index is 1.89. The van der Waals surface area contributed by atoms with E-state index >= 15 is 0 Å². The first-order valence-corrected chi connectivity index (χ1v) is 7.30. The van der Waals surface area contributed by atoms with Crippen LogP contribution < -0.4 is 0 Å². The van der Waals surface area contributed by atoms with Gasteiger partial charge in [-0.15, -0.1) is 0 Å². The molecule has 0 heteroatoms. The number of hydrogen-bond donors (Lipinski definition) is 0. The molecule has 0 radical (unpaired) electrons. The van der Waals surface area contributed by atoms with Crippen molar-refractivity contribution in [1.82, 2.24) is 0 Å². The van der Waals surface area contributed by atoms with Crippen molar-refractivity contribution in [3.8, 4) is 0 Å². The third-order valence-corrected chi connectivity index (χ3v) is 4.68. The first kappa shape index (κ1) is 11.8. The van der Waals surface area contributed by atoms with Gasteiger partial charge in [-0.05, 0) is 42.1 Å². The van der Waals surface area contributed by atoms with Crippen LogP contribution >= 0.6 is 0 Å². The van der Waals surface area contributed by atoms with E-state index in [4.69, 9.17) is 0 Å². The molecule has 0 amide bonds. The molecule has 0 aliphatic heterocycles. The standard InChI is InChI=1S/C18H22/c1-2-8-17-16-12-7-6-11-15(16)13-18(17)14-9-4-3-5-10-14/h3-7,9-12,15-18H,2,8,13H2,1H3. The van der Waals surface area contributed by atoms with E-state index in [9.17, 15) is 0 Å². The van der Waals surface area contributed by atoms with Crippen LogP contribution in [0.1, 0.15) is 37.7 Å². The maximum absolute atomic E-state index is 2.45. The predicted octanol–water partition coefficient (Wildman–Crippen LogP) is 4.95. The quantitative estimate of drug-likeness (QED) is 0.699. The Morgan fingerprint density at radius 1 is 1.06 bits per heavy atom. The number of hydrogen-bond acceptors (Lipinski definition) is 0. The summed E-state index contributed by atoms with van der Waals surface area (Å²) in [4.78, 5) is 0. The summed E-state index contributed by atoms with van der Waals surface area (Å²) in [5.41, 5.74) is 1.55. The Morgan fingerprint density at radius 2 is 1.83 bits per heavy atom. The highest BCUT2D eigenvalue weighted by Crippen LogP contribution is 2.51. The smallest absolute Gasteiger partial charge is 0.0122 e. The Labute approximate surface area is 110 Å². The molecule has 2 aliphatic rings. The van der Waals surface area contributed by atoms with Gasteiger partial charge >= 0.3 is 0 Å². The van der Waals surface area contributed by atoms with Gasteiger partial charge in [-0.2, -0.15) is 0 Å². The van der Waals surface area contributed by atoms with Gasteiger partial charge in [-0.3, -0.25) is 0 Å². The first-order valence-electron chi connectivity index (χ1n) is 7.30. The largest absolute Gasteiger partial charge is 0.0808 e. The van der Waals surface area contributed by atoms with E-state index in [1.165, 1.54) is 19.3 Å². The lowest BCUT2D eigenvalue weighted by atomic mass is 9.80. The summed E-state index contributed by atoms with van der Waals surface area (Å²) >= 11 is 0. The zero-order valence-corrected chi connectivity index (χ0v) is 11.1. The molecule has 1 fully saturated rings. The van der Waals surface area contributed by atoms with Crippen LogP contribution in [-0.4, -0.2) is 0 Å². The van der Waals surface area contributed by atoms with Crippen molar-refractivity contribution in [2.75, 3.05) is 0 Å². The van der Waals surface area contributed by atoms with Gasteiger partial charge in [0.15, 0.2) is 0 Å². The molecule has 1 saturated carbocycles. The Bertz CT molecular complexity index is 440. The molecular weight excluding hydrogens is 216 g/mol. The summed E-state index contributed by atoms with van der Waals surface area (Å²) in [7, 11) is 0. The molecule has 18 heavy (non-hydrogen) atoms. The normalized spacial score (nSPS) is 33.6. The molecule has 0 nitrogen and oxygen atoms in total. The van der Waals surface area contributed by atoms with Crippen LogP contribution in [0.25, 0.3) is 0 Å². The van der Waals surface area contributed by atoms with Gasteiger partial charge in [0.2, 0.25) is 0 Å². The van der Waals surface area contributed by atoms with Crippen molar-refractivity contribution in [1.29, 1.82) is 0 Å². The third-order valence-electron chi connectivity index (χ3n) is 4.68. The fourth-order valence-electron chi connectivity index (χ4n) is 3.91. The number of rotatable bonds is 3. The molecule has 3 rings (SSSR count). The zero-order chi connectivity index (χ0) is 12.4. The second-order valence-electron chi connectivity index (χ2n) is 5.72. The van der Waals surface area contributed by atoms with Gasteiger partial charge in [0.05, 0.1) is 0 Å². The summed E-state index contributed by atoms with van der Waals surface area (Å²) in [6, 6.07) is 11.1. The average Bonchev–Trinajstić information content (AvgIpc) is 2.80. The third kappa shape index (κ3) is 2.05. The van der Waals surface area contributed by atoms with Crippen LogP contribution in [0.4, 0.5) is 0 Å². The minimum absolute atomic E-state index is 0.758. The van der Waals surface area contributed by atoms with Gasteiger partial charge < -0.3 is 0 Å². The van der Waals surface area contributed by atoms with Crippen LogP contribution in [-0.2, 0) is 0 Å². The van der Waals surface area contributed by atoms with Crippen LogP contribution in [0.15, 0.2) is 54.6 Å². The fourth-order valence-corrected chi connectivity index (χ4v) is 3.91. The van der Waals surface area contributed by atoms with E-state index in [0.717, 1.165) is 23.7 Å². The summed E-state index contributed by atoms with van der Waals surface area (Å²) < 4.78 is 0. The lowest BCUT2D eigenvalue weighted by molar-refractivity contribution is 0.366. The highest BCUT2D eigenvalue weighted by Gasteiger charge is 2.40. The van der Waals surface area contributed by atoms with Gasteiger partial charge in [0.1, 0.15) is 0 Å². The SMILES string of the molecule is CCCC1C(c2ccccc2)CC2C=CC=CC21. The van der Waals surface area contributed by atoms with E-state index < -0.39 is 0 Å². The highest BCUT2D eigenvalue weighted by molar-refractivity contribution is 5.27. The highest BCUT2D eigenvalue weighted by atomic mass is 14.4. The lowest BCUT2D eigenvalue weighted by Crippen LogP contribution is -2.15. The molecule has 0 heterocycles. The predicted molar refractivity (Wildman–Crippen MR) is 77.5 cm³/mol. The fraction of sp³-hybridized carbons (Fsp3) is 0.444. The molecule has 0 bridgehead atoms. The molecule has 0 N–H and O–H groups in total. The Kier molecular flexibility index (Phi) is 3.36. The maximum atomic E-state index is 2.45. The molecule has 4 unspecified atom stereocenters. The molecule has 1 aromatic rings. The van der Waals surface area contributed by atoms with E-state index in [2.05, 4.69) is 61.6 Å². The van der Waals surface area contributed by atoms with E-state index in [1.807, 2.05) is 0 Å². The van der Waals surface area contributed by atoms with Crippen LogP contribution in [0.3, 0.4) is 0 Å². The van der Waals surface area contributed by atoms with Crippen molar-refractivity contribution in [3.05, 3.63) is 60.2 Å². The number of benzene rings is 1. The summed E-state index contributed by atoms with van der Waals surface area (Å²) in [6.07, 6.45) is 13.4. The average molecular weight is 238 g/mol. The molecular formula is C18H22. The molecule has 0 saturated heterocycles. The minimum atomic E-state index is 0.758. The minimum Gasteiger partial charge on any atom is -0.0808 e. The molecule has 2 aliphatic carbocycles. The molecule has 0 spiro atoms. The molecule has 94 valence electrons. The Morgan fingerprint density at radius 3 is 2.61 bits per heavy atom. The lowest BCUT2D eigenvalue weighted by Gasteiger charge is -2.24. The molecule has 4 atom stereocenters. The number of allylic oxidation sites excluding steroid dienone is 4. The van der Waals surface area contributed by atoms with Crippen molar-refractivity contribution < 1.29 is 0 Å². The maximum Gasteiger partial charge on any atom is -0.0122 e. The van der Waals surface area contributed by atoms with Gasteiger partial charge in [0.25, 0.3) is 0 Å². The second-order valence-corrected chi connectivity index (χ2v) is 5.72. The zero-order valence-electron chi connectivity index (χ0n) is 11.1. The Hall–Kier alpha value is -1.30. The van der Waals surface area contributed by atoms with Crippen LogP contribution in [0, 0.1) is 17.8 Å². The van der Waals surface area contributed by atoms with Crippen LogP contribution in [0.2, 0.25) is 0 Å². The van der Waals surface area contributed by atoms with Crippen molar-refractivity contribution in [3.63, 3.8) is 0 Å². The monoisotopic (exact) mass is 238 g/mol. The molecule has 1 aromatic carbocycles. The topological polar surface area (TPSA) is 0 Å². The van der Waals surface area contributed by atoms with Crippen molar-refractivity contribution in [2.45, 2.75) is 32.1 Å².